The van der Waals surface area contributed by atoms with Crippen molar-refractivity contribution in [3.05, 3.63) is 40.9 Å². The maximum absolute atomic E-state index is 13.0. The molecule has 1 N–H and O–H groups in total. The van der Waals surface area contributed by atoms with Gasteiger partial charge in [0.2, 0.25) is 0 Å². The third-order valence-electron chi connectivity index (χ3n) is 5.51. The second-order valence-electron chi connectivity index (χ2n) is 6.98. The van der Waals surface area contributed by atoms with E-state index < -0.39 is 11.4 Å². The predicted molar refractivity (Wildman–Crippen MR) is 97.2 cm³/mol. The van der Waals surface area contributed by atoms with Crippen molar-refractivity contribution in [1.82, 2.24) is 9.88 Å². The van der Waals surface area contributed by atoms with Gasteiger partial charge in [-0.3, -0.25) is 14.6 Å². The standard InChI is InChI=1S/C19H20N2O4S/c1-12-14(4-5-15(20-12)16-3-2-8-26-16)17(22)21-9-13-10-25-7-6-19(13,11-21)18(23)24/h2-5,8,13H,6-7,9-11H2,1H3,(H,23,24)/t13-,19+/m0/s1. The first kappa shape index (κ1) is 17.2. The Balaban J connectivity index is 1.59. The lowest BCUT2D eigenvalue weighted by molar-refractivity contribution is -0.157. The molecule has 2 aliphatic heterocycles. The first-order valence-electron chi connectivity index (χ1n) is 8.63. The number of carbonyl (C=O) groups is 2. The quantitative estimate of drug-likeness (QED) is 0.896. The molecule has 7 heteroatoms. The van der Waals surface area contributed by atoms with Crippen LogP contribution in [0.25, 0.3) is 10.6 Å². The molecule has 136 valence electrons. The van der Waals surface area contributed by atoms with Crippen LogP contribution >= 0.6 is 11.3 Å². The molecule has 2 aromatic heterocycles. The summed E-state index contributed by atoms with van der Waals surface area (Å²) < 4.78 is 5.46. The van der Waals surface area contributed by atoms with E-state index in [0.29, 0.717) is 37.4 Å². The number of aromatic nitrogens is 1. The maximum Gasteiger partial charge on any atom is 0.311 e. The summed E-state index contributed by atoms with van der Waals surface area (Å²) >= 11 is 1.60. The van der Waals surface area contributed by atoms with Gasteiger partial charge in [0.05, 0.1) is 33.9 Å². The number of carboxylic acid groups (broad SMARTS) is 1. The molecule has 2 fully saturated rings. The SMILES string of the molecule is Cc1nc(-c2cccs2)ccc1C(=O)N1C[C@H]2COCC[C@@]2(C(=O)O)C1. The molecule has 0 aliphatic carbocycles. The molecule has 2 aromatic rings. The van der Waals surface area contributed by atoms with E-state index >= 15 is 0 Å². The number of fused-ring (bicyclic) bond motifs is 1. The summed E-state index contributed by atoms with van der Waals surface area (Å²) in [6.07, 6.45) is 0.450. The number of thiophene rings is 1. The van der Waals surface area contributed by atoms with E-state index in [-0.39, 0.29) is 18.4 Å². The highest BCUT2D eigenvalue weighted by molar-refractivity contribution is 7.13. The van der Waals surface area contributed by atoms with E-state index in [4.69, 9.17) is 4.74 Å². The van der Waals surface area contributed by atoms with Gasteiger partial charge in [-0.25, -0.2) is 0 Å². The Morgan fingerprint density at radius 2 is 2.23 bits per heavy atom. The third-order valence-corrected chi connectivity index (χ3v) is 6.40. The van der Waals surface area contributed by atoms with Gasteiger partial charge in [0.25, 0.3) is 5.91 Å². The smallest absolute Gasteiger partial charge is 0.311 e. The molecule has 6 nitrogen and oxygen atoms in total. The van der Waals surface area contributed by atoms with Crippen LogP contribution in [0, 0.1) is 18.3 Å². The lowest BCUT2D eigenvalue weighted by Gasteiger charge is -2.33. The third kappa shape index (κ3) is 2.71. The summed E-state index contributed by atoms with van der Waals surface area (Å²) in [5.41, 5.74) is 1.16. The summed E-state index contributed by atoms with van der Waals surface area (Å²) in [5.74, 6) is -1.14. The van der Waals surface area contributed by atoms with Gasteiger partial charge < -0.3 is 14.7 Å². The molecule has 0 spiro atoms. The number of ether oxygens (including phenoxy) is 1. The highest BCUT2D eigenvalue weighted by atomic mass is 32.1. The lowest BCUT2D eigenvalue weighted by atomic mass is 9.74. The number of aliphatic carboxylic acids is 1. The number of likely N-dealkylation sites (tertiary alicyclic amines) is 1. The molecule has 0 saturated carbocycles. The minimum absolute atomic E-state index is 0.150. The number of hydrogen-bond acceptors (Lipinski definition) is 5. The first-order chi connectivity index (χ1) is 12.5. The fourth-order valence-corrected chi connectivity index (χ4v) is 4.67. The maximum atomic E-state index is 13.0. The molecular weight excluding hydrogens is 352 g/mol. The van der Waals surface area contributed by atoms with Gasteiger partial charge in [-0.2, -0.15) is 0 Å². The Kier molecular flexibility index (Phi) is 4.28. The van der Waals surface area contributed by atoms with Crippen LogP contribution in [0.2, 0.25) is 0 Å². The number of hydrogen-bond donors (Lipinski definition) is 1. The van der Waals surface area contributed by atoms with Crippen LogP contribution in [0.15, 0.2) is 29.6 Å². The molecule has 2 atom stereocenters. The normalized spacial score (nSPS) is 25.1. The van der Waals surface area contributed by atoms with E-state index in [0.717, 1.165) is 10.6 Å². The van der Waals surface area contributed by atoms with Crippen molar-refractivity contribution in [2.75, 3.05) is 26.3 Å². The van der Waals surface area contributed by atoms with Crippen molar-refractivity contribution < 1.29 is 19.4 Å². The topological polar surface area (TPSA) is 79.7 Å². The molecule has 2 aliphatic rings. The molecule has 0 unspecified atom stereocenters. The van der Waals surface area contributed by atoms with Crippen molar-refractivity contribution in [1.29, 1.82) is 0 Å². The van der Waals surface area contributed by atoms with Crippen molar-refractivity contribution in [3.8, 4) is 10.6 Å². The van der Waals surface area contributed by atoms with Gasteiger partial charge in [0.1, 0.15) is 0 Å². The van der Waals surface area contributed by atoms with E-state index in [1.807, 2.05) is 30.5 Å². The number of nitrogens with zero attached hydrogens (tertiary/aromatic N) is 2. The predicted octanol–water partition coefficient (Wildman–Crippen LogP) is 2.68. The molecule has 4 rings (SSSR count). The lowest BCUT2D eigenvalue weighted by Crippen LogP contribution is -2.45. The fraction of sp³-hybridized carbons (Fsp3) is 0.421. The minimum atomic E-state index is -0.883. The Morgan fingerprint density at radius 1 is 1.38 bits per heavy atom. The van der Waals surface area contributed by atoms with Crippen LogP contribution in [-0.4, -0.2) is 53.2 Å². The first-order valence-corrected chi connectivity index (χ1v) is 9.51. The van der Waals surface area contributed by atoms with Gasteiger partial charge in [0.15, 0.2) is 0 Å². The van der Waals surface area contributed by atoms with Crippen LogP contribution in [0.4, 0.5) is 0 Å². The second-order valence-corrected chi connectivity index (χ2v) is 7.92. The second kappa shape index (κ2) is 6.48. The van der Waals surface area contributed by atoms with E-state index in [1.54, 1.807) is 22.3 Å². The van der Waals surface area contributed by atoms with Crippen molar-refractivity contribution in [2.24, 2.45) is 11.3 Å². The molecule has 2 saturated heterocycles. The summed E-state index contributed by atoms with van der Waals surface area (Å²) in [5, 5.41) is 11.8. The van der Waals surface area contributed by atoms with Crippen LogP contribution < -0.4 is 0 Å². The monoisotopic (exact) mass is 372 g/mol. The van der Waals surface area contributed by atoms with Crippen LogP contribution in [-0.2, 0) is 9.53 Å². The number of carboxylic acids is 1. The zero-order valence-electron chi connectivity index (χ0n) is 14.5. The zero-order chi connectivity index (χ0) is 18.3. The van der Waals surface area contributed by atoms with Gasteiger partial charge >= 0.3 is 5.97 Å². The number of rotatable bonds is 3. The van der Waals surface area contributed by atoms with E-state index in [2.05, 4.69) is 4.98 Å². The van der Waals surface area contributed by atoms with Crippen molar-refractivity contribution in [2.45, 2.75) is 13.3 Å². The minimum Gasteiger partial charge on any atom is -0.481 e. The summed E-state index contributed by atoms with van der Waals surface area (Å²) in [6, 6.07) is 7.61. The van der Waals surface area contributed by atoms with Crippen LogP contribution in [0.3, 0.4) is 0 Å². The van der Waals surface area contributed by atoms with Crippen LogP contribution in [0.1, 0.15) is 22.5 Å². The average Bonchev–Trinajstić information content (AvgIpc) is 3.29. The molecule has 0 aromatic carbocycles. The molecule has 0 bridgehead atoms. The van der Waals surface area contributed by atoms with Crippen molar-refractivity contribution >= 4 is 23.2 Å². The molecule has 4 heterocycles. The Hall–Kier alpha value is -2.25. The molecule has 1 amide bonds. The largest absolute Gasteiger partial charge is 0.481 e. The summed E-state index contributed by atoms with van der Waals surface area (Å²) in [6.45, 7) is 3.30. The zero-order valence-corrected chi connectivity index (χ0v) is 15.3. The molecular formula is C19H20N2O4S. The van der Waals surface area contributed by atoms with E-state index in [9.17, 15) is 14.7 Å². The van der Waals surface area contributed by atoms with Gasteiger partial charge in [-0.05, 0) is 36.9 Å². The highest BCUT2D eigenvalue weighted by Gasteiger charge is 2.55. The fourth-order valence-electron chi connectivity index (χ4n) is 3.97. The number of amides is 1. The van der Waals surface area contributed by atoms with Gasteiger partial charge in [0, 0.05) is 25.6 Å². The highest BCUT2D eigenvalue weighted by Crippen LogP contribution is 2.43. The Morgan fingerprint density at radius 3 is 2.88 bits per heavy atom. The summed E-state index contributed by atoms with van der Waals surface area (Å²) in [7, 11) is 0. The Labute approximate surface area is 155 Å². The number of carbonyl (C=O) groups excluding carboxylic acids is 1. The molecule has 26 heavy (non-hydrogen) atoms. The number of aryl methyl sites for hydroxylation is 1. The van der Waals surface area contributed by atoms with Crippen LogP contribution in [0.5, 0.6) is 0 Å². The van der Waals surface area contributed by atoms with Crippen molar-refractivity contribution in [3.63, 3.8) is 0 Å². The molecule has 0 radical (unpaired) electrons. The number of pyridine rings is 1. The van der Waals surface area contributed by atoms with Gasteiger partial charge in [-0.1, -0.05) is 6.07 Å². The van der Waals surface area contributed by atoms with Gasteiger partial charge in [-0.15, -0.1) is 11.3 Å². The average molecular weight is 372 g/mol. The Bertz CT molecular complexity index is 851. The summed E-state index contributed by atoms with van der Waals surface area (Å²) in [4.78, 5) is 32.2. The van der Waals surface area contributed by atoms with E-state index in [1.165, 1.54) is 0 Å².